The molecule has 1 aliphatic rings. The summed E-state index contributed by atoms with van der Waals surface area (Å²) in [5, 5.41) is 3.16. The van der Waals surface area contributed by atoms with Gasteiger partial charge in [-0.15, -0.1) is 0 Å². The zero-order chi connectivity index (χ0) is 23.0. The number of piperidine rings is 1. The van der Waals surface area contributed by atoms with E-state index in [0.717, 1.165) is 30.2 Å². The van der Waals surface area contributed by atoms with Gasteiger partial charge in [0.25, 0.3) is 10.0 Å². The molecule has 0 saturated carbocycles. The Morgan fingerprint density at radius 3 is 2.56 bits per heavy atom. The Hall–Kier alpha value is -2.09. The molecule has 6 nitrogen and oxygen atoms in total. The van der Waals surface area contributed by atoms with Gasteiger partial charge in [0.15, 0.2) is 0 Å². The quantitative estimate of drug-likeness (QED) is 0.518. The summed E-state index contributed by atoms with van der Waals surface area (Å²) in [4.78, 5) is 15.3. The van der Waals surface area contributed by atoms with Gasteiger partial charge >= 0.3 is 0 Å². The van der Waals surface area contributed by atoms with Crippen LogP contribution in [0.3, 0.4) is 0 Å². The number of amides is 1. The van der Waals surface area contributed by atoms with Crippen LogP contribution in [0, 0.1) is 0 Å². The fourth-order valence-electron chi connectivity index (χ4n) is 4.19. The van der Waals surface area contributed by atoms with Crippen molar-refractivity contribution in [3.63, 3.8) is 0 Å². The molecule has 0 aromatic heterocycles. The van der Waals surface area contributed by atoms with Gasteiger partial charge in [-0.3, -0.25) is 9.10 Å². The van der Waals surface area contributed by atoms with Crippen LogP contribution >= 0.6 is 11.6 Å². The fraction of sp³-hybridized carbons (Fsp3) is 0.458. The average Bonchev–Trinajstić information content (AvgIpc) is 2.81. The van der Waals surface area contributed by atoms with Crippen molar-refractivity contribution >= 4 is 33.2 Å². The molecule has 1 atom stereocenters. The molecule has 0 aliphatic carbocycles. The van der Waals surface area contributed by atoms with Gasteiger partial charge in [-0.2, -0.15) is 0 Å². The summed E-state index contributed by atoms with van der Waals surface area (Å²) in [7, 11) is -3.95. The summed E-state index contributed by atoms with van der Waals surface area (Å²) >= 11 is 6.29. The number of rotatable bonds is 10. The number of carbonyl (C=O) groups excluding carboxylic acids is 1. The number of carbonyl (C=O) groups is 1. The molecule has 1 unspecified atom stereocenters. The van der Waals surface area contributed by atoms with Crippen LogP contribution in [-0.4, -0.2) is 51.4 Å². The molecule has 2 aromatic carbocycles. The molecule has 32 heavy (non-hydrogen) atoms. The van der Waals surface area contributed by atoms with Crippen LogP contribution in [0.1, 0.15) is 39.0 Å². The van der Waals surface area contributed by atoms with Crippen molar-refractivity contribution < 1.29 is 13.2 Å². The van der Waals surface area contributed by atoms with Gasteiger partial charge in [0, 0.05) is 19.1 Å². The highest BCUT2D eigenvalue weighted by molar-refractivity contribution is 7.92. The van der Waals surface area contributed by atoms with E-state index in [1.807, 2.05) is 0 Å². The molecule has 2 aromatic rings. The standard InChI is InChI=1S/C24H32ClN3O3S/c1-2-20-11-8-9-17-27(20)18-10-16-26-24(29)19-28(23-15-7-6-14-22(23)25)32(30,31)21-12-4-3-5-13-21/h3-7,12-15,20H,2,8-11,16-19H2,1H3,(H,26,29). The summed E-state index contributed by atoms with van der Waals surface area (Å²) in [6, 6.07) is 15.4. The Bertz CT molecular complexity index is 985. The maximum Gasteiger partial charge on any atom is 0.264 e. The van der Waals surface area contributed by atoms with Crippen molar-refractivity contribution in [3.05, 3.63) is 59.6 Å². The van der Waals surface area contributed by atoms with Crippen LogP contribution in [-0.2, 0) is 14.8 Å². The lowest BCUT2D eigenvalue weighted by molar-refractivity contribution is -0.119. The molecule has 8 heteroatoms. The SMILES string of the molecule is CCC1CCCCN1CCCNC(=O)CN(c1ccccc1Cl)S(=O)(=O)c1ccccc1. The highest BCUT2D eigenvalue weighted by atomic mass is 35.5. The number of hydrogen-bond donors (Lipinski definition) is 1. The molecule has 1 heterocycles. The molecular formula is C24H32ClN3O3S. The molecule has 1 fully saturated rings. The minimum Gasteiger partial charge on any atom is -0.354 e. The van der Waals surface area contributed by atoms with Gasteiger partial charge in [-0.1, -0.05) is 55.3 Å². The van der Waals surface area contributed by atoms with E-state index in [2.05, 4.69) is 17.1 Å². The van der Waals surface area contributed by atoms with Crippen LogP contribution in [0.25, 0.3) is 0 Å². The summed E-state index contributed by atoms with van der Waals surface area (Å²) in [6.07, 6.45) is 5.75. The Labute approximate surface area is 196 Å². The number of likely N-dealkylation sites (tertiary alicyclic amines) is 1. The lowest BCUT2D eigenvalue weighted by Gasteiger charge is -2.35. The monoisotopic (exact) mass is 477 g/mol. The summed E-state index contributed by atoms with van der Waals surface area (Å²) in [5.74, 6) is -0.352. The first-order valence-corrected chi connectivity index (χ1v) is 13.1. The topological polar surface area (TPSA) is 69.7 Å². The second-order valence-corrected chi connectivity index (χ2v) is 10.3. The van der Waals surface area contributed by atoms with Crippen LogP contribution in [0.5, 0.6) is 0 Å². The first-order valence-electron chi connectivity index (χ1n) is 11.3. The Morgan fingerprint density at radius 2 is 1.84 bits per heavy atom. The molecule has 1 amide bonds. The van der Waals surface area contributed by atoms with E-state index in [-0.39, 0.29) is 28.1 Å². The van der Waals surface area contributed by atoms with Crippen LogP contribution in [0.2, 0.25) is 5.02 Å². The van der Waals surface area contributed by atoms with E-state index in [4.69, 9.17) is 11.6 Å². The average molecular weight is 478 g/mol. The molecule has 1 aliphatic heterocycles. The van der Waals surface area contributed by atoms with E-state index in [9.17, 15) is 13.2 Å². The number of nitrogens with one attached hydrogen (secondary N) is 1. The zero-order valence-corrected chi connectivity index (χ0v) is 20.1. The van der Waals surface area contributed by atoms with Gasteiger partial charge in [-0.25, -0.2) is 8.42 Å². The predicted octanol–water partition coefficient (Wildman–Crippen LogP) is 4.31. The van der Waals surface area contributed by atoms with E-state index < -0.39 is 10.0 Å². The number of sulfonamides is 1. The van der Waals surface area contributed by atoms with Gasteiger partial charge in [-0.05, 0) is 56.5 Å². The lowest BCUT2D eigenvalue weighted by atomic mass is 10.00. The van der Waals surface area contributed by atoms with Gasteiger partial charge < -0.3 is 10.2 Å². The molecule has 0 spiro atoms. The molecule has 0 bridgehead atoms. The highest BCUT2D eigenvalue weighted by Crippen LogP contribution is 2.30. The van der Waals surface area contributed by atoms with Crippen molar-refractivity contribution in [2.24, 2.45) is 0 Å². The maximum atomic E-state index is 13.3. The molecule has 3 rings (SSSR count). The smallest absolute Gasteiger partial charge is 0.264 e. The van der Waals surface area contributed by atoms with Crippen molar-refractivity contribution in [1.82, 2.24) is 10.2 Å². The van der Waals surface area contributed by atoms with Gasteiger partial charge in [0.1, 0.15) is 6.54 Å². The number of halogens is 1. The minimum atomic E-state index is -3.95. The third kappa shape index (κ3) is 6.24. The van der Waals surface area contributed by atoms with Crippen LogP contribution in [0.15, 0.2) is 59.5 Å². The third-order valence-corrected chi connectivity index (χ3v) is 8.00. The zero-order valence-electron chi connectivity index (χ0n) is 18.5. The first kappa shape index (κ1) is 24.6. The van der Waals surface area contributed by atoms with Crippen molar-refractivity contribution in [1.29, 1.82) is 0 Å². The second kappa shape index (κ2) is 11.7. The summed E-state index contributed by atoms with van der Waals surface area (Å²) in [6.45, 7) is 4.45. The van der Waals surface area contributed by atoms with E-state index in [1.54, 1.807) is 42.5 Å². The molecule has 1 saturated heterocycles. The summed E-state index contributed by atoms with van der Waals surface area (Å²) < 4.78 is 27.7. The predicted molar refractivity (Wildman–Crippen MR) is 130 cm³/mol. The lowest BCUT2D eigenvalue weighted by Crippen LogP contribution is -2.43. The van der Waals surface area contributed by atoms with Gasteiger partial charge in [0.2, 0.25) is 5.91 Å². The van der Waals surface area contributed by atoms with E-state index in [1.165, 1.54) is 31.4 Å². The Kier molecular flexibility index (Phi) is 8.96. The van der Waals surface area contributed by atoms with Crippen LogP contribution < -0.4 is 9.62 Å². The minimum absolute atomic E-state index is 0.114. The normalized spacial score (nSPS) is 17.1. The Morgan fingerprint density at radius 1 is 1.12 bits per heavy atom. The number of anilines is 1. The van der Waals surface area contributed by atoms with E-state index >= 15 is 0 Å². The fourth-order valence-corrected chi connectivity index (χ4v) is 5.94. The van der Waals surface area contributed by atoms with E-state index in [0.29, 0.717) is 12.6 Å². The number of hydrogen-bond acceptors (Lipinski definition) is 4. The van der Waals surface area contributed by atoms with Gasteiger partial charge in [0.05, 0.1) is 15.6 Å². The van der Waals surface area contributed by atoms with Crippen molar-refractivity contribution in [3.8, 4) is 0 Å². The highest BCUT2D eigenvalue weighted by Gasteiger charge is 2.28. The number of benzene rings is 2. The molecule has 0 radical (unpaired) electrons. The third-order valence-electron chi connectivity index (χ3n) is 5.90. The second-order valence-electron chi connectivity index (χ2n) is 8.07. The van der Waals surface area contributed by atoms with Crippen LogP contribution in [0.4, 0.5) is 5.69 Å². The Balaban J connectivity index is 1.65. The molecular weight excluding hydrogens is 446 g/mol. The number of nitrogens with zero attached hydrogens (tertiary/aromatic N) is 2. The number of para-hydroxylation sites is 1. The van der Waals surface area contributed by atoms with Crippen molar-refractivity contribution in [2.75, 3.05) is 30.5 Å². The first-order chi connectivity index (χ1) is 15.4. The molecule has 1 N–H and O–H groups in total. The summed E-state index contributed by atoms with van der Waals surface area (Å²) in [5.41, 5.74) is 0.285. The molecule has 174 valence electrons. The maximum absolute atomic E-state index is 13.3. The largest absolute Gasteiger partial charge is 0.354 e. The van der Waals surface area contributed by atoms with Crippen molar-refractivity contribution in [2.45, 2.75) is 50.0 Å².